The summed E-state index contributed by atoms with van der Waals surface area (Å²) in [6, 6.07) is 0. The Bertz CT molecular complexity index is 23.0. The number of hydrogen-bond donors (Lipinski definition) is 1. The molecule has 0 aliphatic carbocycles. The Morgan fingerprint density at radius 3 is 1.17 bits per heavy atom. The Balaban J connectivity index is 0. The van der Waals surface area contributed by atoms with E-state index in [1.54, 1.807) is 20.8 Å². The van der Waals surface area contributed by atoms with E-state index < -0.39 is 5.60 Å². The van der Waals surface area contributed by atoms with Crippen LogP contribution in [0.15, 0.2) is 0 Å². The van der Waals surface area contributed by atoms with Crippen molar-refractivity contribution in [2.45, 2.75) is 26.4 Å². The lowest BCUT2D eigenvalue weighted by atomic mass is 10.2. The largest absolute Gasteiger partial charge is 0.391 e. The molecule has 0 bridgehead atoms. The van der Waals surface area contributed by atoms with Gasteiger partial charge in [-0.1, -0.05) is 0 Å². The molecule has 0 unspecified atom stereocenters. The van der Waals surface area contributed by atoms with E-state index in [1.807, 2.05) is 0 Å². The summed E-state index contributed by atoms with van der Waals surface area (Å²) in [7, 11) is 0. The molecule has 0 heterocycles. The minimum Gasteiger partial charge on any atom is -0.391 e. The van der Waals surface area contributed by atoms with Gasteiger partial charge in [0.1, 0.15) is 0 Å². The minimum absolute atomic E-state index is 0. The summed E-state index contributed by atoms with van der Waals surface area (Å²) >= 11 is 0. The number of aliphatic hydroxyl groups is 1. The molecule has 1 nitrogen and oxygen atoms in total. The Morgan fingerprint density at radius 2 is 1.17 bits per heavy atom. The second kappa shape index (κ2) is 2.80. The monoisotopic (exact) mass is 202 g/mol. The van der Waals surface area contributed by atoms with Gasteiger partial charge in [0.2, 0.25) is 0 Å². The molecular weight excluding hydrogens is 191 g/mol. The van der Waals surface area contributed by atoms with Crippen LogP contribution in [-0.4, -0.2) is 10.7 Å². The van der Waals surface area contributed by atoms with Crippen molar-refractivity contribution >= 4 is 24.0 Å². The molecule has 0 saturated heterocycles. The van der Waals surface area contributed by atoms with E-state index in [-0.39, 0.29) is 24.0 Å². The van der Waals surface area contributed by atoms with E-state index in [1.165, 1.54) is 0 Å². The minimum atomic E-state index is -0.500. The lowest BCUT2D eigenvalue weighted by Crippen LogP contribution is -2.10. The fourth-order valence-corrected chi connectivity index (χ4v) is 0. The van der Waals surface area contributed by atoms with E-state index in [0.29, 0.717) is 0 Å². The Labute approximate surface area is 55.8 Å². The highest BCUT2D eigenvalue weighted by atomic mass is 127. The van der Waals surface area contributed by atoms with Crippen LogP contribution in [0.2, 0.25) is 0 Å². The van der Waals surface area contributed by atoms with Crippen LogP contribution in [0.1, 0.15) is 20.8 Å². The zero-order valence-electron chi connectivity index (χ0n) is 4.36. The van der Waals surface area contributed by atoms with E-state index in [4.69, 9.17) is 5.11 Å². The Hall–Kier alpha value is 0.690. The van der Waals surface area contributed by atoms with Crippen LogP contribution in [0.4, 0.5) is 0 Å². The third-order valence-corrected chi connectivity index (χ3v) is 0. The smallest absolute Gasteiger partial charge is 0.0563 e. The van der Waals surface area contributed by atoms with Crippen molar-refractivity contribution in [3.8, 4) is 0 Å². The number of rotatable bonds is 0. The van der Waals surface area contributed by atoms with Crippen molar-refractivity contribution in [2.24, 2.45) is 0 Å². The molecule has 1 N–H and O–H groups in total. The number of halogens is 1. The van der Waals surface area contributed by atoms with Gasteiger partial charge in [-0.2, -0.15) is 0 Å². The zero-order valence-corrected chi connectivity index (χ0v) is 6.69. The second-order valence-electron chi connectivity index (χ2n) is 2.17. The maximum atomic E-state index is 8.52. The zero-order chi connectivity index (χ0) is 4.50. The third-order valence-electron chi connectivity index (χ3n) is 0. The van der Waals surface area contributed by atoms with Crippen LogP contribution in [0.25, 0.3) is 0 Å². The summed E-state index contributed by atoms with van der Waals surface area (Å²) in [4.78, 5) is 0. The van der Waals surface area contributed by atoms with Gasteiger partial charge < -0.3 is 5.11 Å². The van der Waals surface area contributed by atoms with Crippen LogP contribution in [-0.2, 0) is 0 Å². The molecule has 0 radical (unpaired) electrons. The van der Waals surface area contributed by atoms with Gasteiger partial charge in [0.15, 0.2) is 0 Å². The van der Waals surface area contributed by atoms with Crippen molar-refractivity contribution in [3.63, 3.8) is 0 Å². The van der Waals surface area contributed by atoms with Gasteiger partial charge in [0, 0.05) is 0 Å². The molecule has 0 aromatic heterocycles. The first-order valence-corrected chi connectivity index (χ1v) is 1.72. The average molecular weight is 202 g/mol. The predicted octanol–water partition coefficient (Wildman–Crippen LogP) is 1.40. The summed E-state index contributed by atoms with van der Waals surface area (Å²) in [5.74, 6) is 0. The summed E-state index contributed by atoms with van der Waals surface area (Å²) in [5.41, 5.74) is -0.500. The quantitative estimate of drug-likeness (QED) is 0.588. The van der Waals surface area contributed by atoms with Crippen molar-refractivity contribution in [1.29, 1.82) is 0 Å². The standard InChI is InChI=1S/C4H10O.HI/c1-4(2,3)5;/h5H,1-3H3;1H. The first kappa shape index (κ1) is 9.85. The predicted molar refractivity (Wildman–Crippen MR) is 37.4 cm³/mol. The molecule has 2 heteroatoms. The first-order chi connectivity index (χ1) is 2.00. The van der Waals surface area contributed by atoms with E-state index in [9.17, 15) is 0 Å². The van der Waals surface area contributed by atoms with Gasteiger partial charge >= 0.3 is 0 Å². The van der Waals surface area contributed by atoms with Crippen molar-refractivity contribution in [2.75, 3.05) is 0 Å². The Morgan fingerprint density at radius 1 is 1.17 bits per heavy atom. The van der Waals surface area contributed by atoms with Crippen LogP contribution >= 0.6 is 24.0 Å². The van der Waals surface area contributed by atoms with E-state index in [2.05, 4.69) is 0 Å². The van der Waals surface area contributed by atoms with Gasteiger partial charge in [-0.3, -0.25) is 0 Å². The molecule has 0 fully saturated rings. The highest BCUT2D eigenvalue weighted by Gasteiger charge is 1.97. The Kier molecular flexibility index (Phi) is 4.59. The normalized spacial score (nSPS) is 10.0. The highest BCUT2D eigenvalue weighted by Crippen LogP contribution is 1.93. The van der Waals surface area contributed by atoms with Gasteiger partial charge in [-0.25, -0.2) is 0 Å². The summed E-state index contributed by atoms with van der Waals surface area (Å²) in [5, 5.41) is 8.52. The van der Waals surface area contributed by atoms with Crippen molar-refractivity contribution in [3.05, 3.63) is 0 Å². The fourth-order valence-electron chi connectivity index (χ4n) is 0. The van der Waals surface area contributed by atoms with Crippen LogP contribution in [0.3, 0.4) is 0 Å². The number of hydrogen-bond acceptors (Lipinski definition) is 1. The molecule has 0 aliphatic rings. The molecular formula is C4H11IO. The second-order valence-corrected chi connectivity index (χ2v) is 2.17. The maximum Gasteiger partial charge on any atom is 0.0563 e. The third kappa shape index (κ3) is 134. The SMILES string of the molecule is CC(C)(C)O.I. The van der Waals surface area contributed by atoms with Gasteiger partial charge in [0.25, 0.3) is 0 Å². The lowest BCUT2D eigenvalue weighted by molar-refractivity contribution is 0.102. The molecule has 6 heavy (non-hydrogen) atoms. The highest BCUT2D eigenvalue weighted by molar-refractivity contribution is 14.0. The molecule has 0 aromatic rings. The summed E-state index contributed by atoms with van der Waals surface area (Å²) in [6.45, 7) is 5.23. The molecule has 0 amide bonds. The van der Waals surface area contributed by atoms with Crippen molar-refractivity contribution < 1.29 is 5.11 Å². The van der Waals surface area contributed by atoms with Gasteiger partial charge in [0.05, 0.1) is 5.60 Å². The average Bonchev–Trinajstić information content (AvgIpc) is 0.722. The molecule has 0 atom stereocenters. The topological polar surface area (TPSA) is 20.2 Å². The fraction of sp³-hybridized carbons (Fsp3) is 1.00. The van der Waals surface area contributed by atoms with Crippen LogP contribution < -0.4 is 0 Å². The summed E-state index contributed by atoms with van der Waals surface area (Å²) in [6.07, 6.45) is 0. The first-order valence-electron chi connectivity index (χ1n) is 1.72. The molecule has 0 saturated carbocycles. The van der Waals surface area contributed by atoms with Crippen LogP contribution in [0.5, 0.6) is 0 Å². The molecule has 40 valence electrons. The maximum absolute atomic E-state index is 8.52. The lowest BCUT2D eigenvalue weighted by Gasteiger charge is -2.04. The van der Waals surface area contributed by atoms with Gasteiger partial charge in [-0.05, 0) is 20.8 Å². The van der Waals surface area contributed by atoms with Crippen LogP contribution in [0, 0.1) is 0 Å². The van der Waals surface area contributed by atoms with E-state index in [0.717, 1.165) is 0 Å². The molecule has 0 aromatic carbocycles. The van der Waals surface area contributed by atoms with Gasteiger partial charge in [-0.15, -0.1) is 24.0 Å². The summed E-state index contributed by atoms with van der Waals surface area (Å²) < 4.78 is 0. The van der Waals surface area contributed by atoms with Crippen molar-refractivity contribution in [1.82, 2.24) is 0 Å². The molecule has 0 rings (SSSR count). The van der Waals surface area contributed by atoms with E-state index >= 15 is 0 Å². The molecule has 0 spiro atoms. The molecule has 0 aliphatic heterocycles.